The number of carbonyl (C=O) groups is 2. The molecule has 0 aromatic rings. The highest BCUT2D eigenvalue weighted by molar-refractivity contribution is 5.80. The van der Waals surface area contributed by atoms with Crippen molar-refractivity contribution < 1.29 is 119 Å². The molecule has 0 aliphatic carbocycles. The lowest BCUT2D eigenvalue weighted by molar-refractivity contribution is -0.373. The van der Waals surface area contributed by atoms with Crippen molar-refractivity contribution in [2.75, 3.05) is 26.4 Å². The van der Waals surface area contributed by atoms with E-state index in [0.717, 1.165) is 64.7 Å². The summed E-state index contributed by atoms with van der Waals surface area (Å²) in [5.74, 6) is -1.55. The van der Waals surface area contributed by atoms with E-state index >= 15 is 0 Å². The topological polar surface area (TPSA) is 415 Å². The van der Waals surface area contributed by atoms with Crippen LogP contribution in [0.1, 0.15) is 240 Å². The van der Waals surface area contributed by atoms with Gasteiger partial charge in [-0.05, 0) is 19.8 Å². The van der Waals surface area contributed by atoms with Crippen LogP contribution < -0.4 is 10.6 Å². The Hall–Kier alpha value is -1.94. The first-order valence-corrected chi connectivity index (χ1v) is 35.8. The second-order valence-electron chi connectivity index (χ2n) is 26.7. The van der Waals surface area contributed by atoms with Gasteiger partial charge in [-0.3, -0.25) is 9.59 Å². The van der Waals surface area contributed by atoms with Gasteiger partial charge in [0.2, 0.25) is 11.8 Å². The fourth-order valence-electron chi connectivity index (χ4n) is 12.8. The monoisotopic (exact) mass is 1340 g/mol. The first-order valence-electron chi connectivity index (χ1n) is 35.8. The molecule has 0 bridgehead atoms. The number of hydrogen-bond acceptors (Lipinski definition) is 24. The Morgan fingerprint density at radius 3 is 1.30 bits per heavy atom. The molecule has 0 aromatic heterocycles. The molecule has 93 heavy (non-hydrogen) atoms. The average Bonchev–Trinajstić information content (AvgIpc) is 0.911. The minimum absolute atomic E-state index is 0.124. The first-order chi connectivity index (χ1) is 44.7. The predicted molar refractivity (Wildman–Crippen MR) is 341 cm³/mol. The van der Waals surface area contributed by atoms with Gasteiger partial charge >= 0.3 is 0 Å². The maximum absolute atomic E-state index is 13.7. The van der Waals surface area contributed by atoms with Gasteiger partial charge in [0.05, 0.1) is 44.7 Å². The number of amides is 2. The third-order valence-electron chi connectivity index (χ3n) is 18.8. The van der Waals surface area contributed by atoms with Crippen LogP contribution in [-0.2, 0) is 47.5 Å². The molecule has 4 saturated heterocycles. The molecule has 4 heterocycles. The summed E-state index contributed by atoms with van der Waals surface area (Å²) in [4.78, 5) is 26.3. The van der Waals surface area contributed by atoms with Gasteiger partial charge in [0.1, 0.15) is 104 Å². The van der Waals surface area contributed by atoms with E-state index in [1.807, 2.05) is 0 Å². The summed E-state index contributed by atoms with van der Waals surface area (Å²) in [5, 5.41) is 159. The number of nitrogens with one attached hydrogen (secondary N) is 2. The van der Waals surface area contributed by atoms with Gasteiger partial charge < -0.3 is 120 Å². The quantitative estimate of drug-likeness (QED) is 0.0389. The number of unbranched alkanes of at least 4 members (excludes halogenated alkanes) is 29. The lowest BCUT2D eigenvalue weighted by Gasteiger charge is -2.48. The minimum Gasteiger partial charge on any atom is -0.394 e. The van der Waals surface area contributed by atoms with Crippen molar-refractivity contribution in [1.29, 1.82) is 0 Å². The zero-order valence-corrected chi connectivity index (χ0v) is 56.4. The molecule has 2 amide bonds. The molecule has 548 valence electrons. The molecule has 26 nitrogen and oxygen atoms in total. The van der Waals surface area contributed by atoms with Crippen molar-refractivity contribution in [1.82, 2.24) is 10.6 Å². The summed E-state index contributed by atoms with van der Waals surface area (Å²) in [7, 11) is 0. The Morgan fingerprint density at radius 1 is 0.430 bits per heavy atom. The molecule has 26 heteroatoms. The molecular formula is C67H126N2O24. The second kappa shape index (κ2) is 47.2. The van der Waals surface area contributed by atoms with Crippen LogP contribution in [0, 0.1) is 0 Å². The number of aliphatic hydroxyl groups is 14. The summed E-state index contributed by atoms with van der Waals surface area (Å²) in [6, 6.07) is -2.93. The van der Waals surface area contributed by atoms with Crippen LogP contribution in [0.5, 0.6) is 0 Å². The highest BCUT2D eigenvalue weighted by Crippen LogP contribution is 2.34. The number of carbonyl (C=O) groups excluding carboxylic acids is 2. The third-order valence-corrected chi connectivity index (χ3v) is 18.8. The van der Waals surface area contributed by atoms with Gasteiger partial charge in [0.15, 0.2) is 25.2 Å². The zero-order chi connectivity index (χ0) is 68.2. The van der Waals surface area contributed by atoms with Crippen molar-refractivity contribution in [3.05, 3.63) is 0 Å². The summed E-state index contributed by atoms with van der Waals surface area (Å²) < 4.78 is 47.2. The van der Waals surface area contributed by atoms with Crippen molar-refractivity contribution in [3.63, 3.8) is 0 Å². The van der Waals surface area contributed by atoms with Crippen LogP contribution in [0.4, 0.5) is 0 Å². The molecule has 0 saturated carbocycles. The SMILES string of the molecule is CCCCCCCCCCCCCCCCCCCC(O)C(=O)NC(COC1OC(CO)C(O)C(O)C1OC1OC(COC2OC(CO)C(O)C(OC3OC(C)C(O)C(O)C3O)C2NC(C)=O)C(O)C(O)C1O)C(O)C(O)CCCCCCCCCCCCCCCC. The summed E-state index contributed by atoms with van der Waals surface area (Å²) in [6.07, 6.45) is -2.00. The smallest absolute Gasteiger partial charge is 0.249 e. The van der Waals surface area contributed by atoms with Gasteiger partial charge in [0.25, 0.3) is 0 Å². The molecular weight excluding hydrogens is 1220 g/mol. The van der Waals surface area contributed by atoms with Gasteiger partial charge in [-0.2, -0.15) is 0 Å². The van der Waals surface area contributed by atoms with E-state index in [2.05, 4.69) is 24.5 Å². The molecule has 0 spiro atoms. The number of ether oxygens (including phenoxy) is 8. The molecule has 24 unspecified atom stereocenters. The van der Waals surface area contributed by atoms with Crippen molar-refractivity contribution in [2.24, 2.45) is 0 Å². The van der Waals surface area contributed by atoms with Crippen molar-refractivity contribution in [2.45, 2.75) is 387 Å². The van der Waals surface area contributed by atoms with E-state index in [9.17, 15) is 81.1 Å². The van der Waals surface area contributed by atoms with Crippen LogP contribution >= 0.6 is 0 Å². The Labute approximate surface area is 552 Å². The average molecular weight is 1340 g/mol. The van der Waals surface area contributed by atoms with Crippen LogP contribution in [0.25, 0.3) is 0 Å². The summed E-state index contributed by atoms with van der Waals surface area (Å²) in [6.45, 7) is 3.79. The first kappa shape index (κ1) is 83.5. The van der Waals surface area contributed by atoms with E-state index in [4.69, 9.17) is 37.9 Å². The van der Waals surface area contributed by atoms with Gasteiger partial charge in [0, 0.05) is 6.92 Å². The maximum Gasteiger partial charge on any atom is 0.249 e. The molecule has 4 aliphatic heterocycles. The Balaban J connectivity index is 1.41. The fraction of sp³-hybridized carbons (Fsp3) is 0.970. The Morgan fingerprint density at radius 2 is 0.828 bits per heavy atom. The third kappa shape index (κ3) is 29.0. The molecule has 4 fully saturated rings. The van der Waals surface area contributed by atoms with Gasteiger partial charge in [-0.25, -0.2) is 0 Å². The largest absolute Gasteiger partial charge is 0.394 e. The molecule has 0 aromatic carbocycles. The van der Waals surface area contributed by atoms with Crippen LogP contribution in [0.15, 0.2) is 0 Å². The highest BCUT2D eigenvalue weighted by Gasteiger charge is 2.54. The van der Waals surface area contributed by atoms with Crippen LogP contribution in [0.3, 0.4) is 0 Å². The second-order valence-corrected chi connectivity index (χ2v) is 26.7. The molecule has 16 N–H and O–H groups in total. The van der Waals surface area contributed by atoms with Gasteiger partial charge in [-0.15, -0.1) is 0 Å². The standard InChI is InChI=1S/C67H126N2O24/c1-5-7-9-11-13-15-17-19-21-22-23-25-27-29-31-33-35-37-46(74)63(85)69-44(52(76)45(73)36-34-32-30-28-26-24-20-18-16-14-12-10-8-6-2)40-86-67-62(58(82)53(77)47(38-70)90-67)93-66-60(84)57(81)54(78)49(91-66)41-87-64-50(68-43(4)72)61(55(79)48(39-71)89-64)92-65-59(83)56(80)51(75)42(3)88-65/h42,44-62,64-67,70-71,73-84H,5-41H2,1-4H3,(H,68,72)(H,69,85). The lowest BCUT2D eigenvalue weighted by atomic mass is 9.95. The predicted octanol–water partition coefficient (Wildman–Crippen LogP) is 2.93. The van der Waals surface area contributed by atoms with Gasteiger partial charge in [-0.1, -0.05) is 213 Å². The van der Waals surface area contributed by atoms with Crippen molar-refractivity contribution in [3.8, 4) is 0 Å². The summed E-state index contributed by atoms with van der Waals surface area (Å²) >= 11 is 0. The van der Waals surface area contributed by atoms with E-state index in [-0.39, 0.29) is 12.8 Å². The summed E-state index contributed by atoms with van der Waals surface area (Å²) in [5.41, 5.74) is 0. The zero-order valence-electron chi connectivity index (χ0n) is 56.4. The fourth-order valence-corrected chi connectivity index (χ4v) is 12.8. The molecule has 0 radical (unpaired) electrons. The normalized spacial score (nSPS) is 33.1. The van der Waals surface area contributed by atoms with E-state index in [0.29, 0.717) is 12.8 Å². The van der Waals surface area contributed by atoms with Crippen LogP contribution in [-0.4, -0.2) is 257 Å². The maximum atomic E-state index is 13.7. The Kier molecular flexibility index (Phi) is 42.3. The molecule has 4 rings (SSSR count). The van der Waals surface area contributed by atoms with E-state index in [1.54, 1.807) is 0 Å². The molecule has 24 atom stereocenters. The van der Waals surface area contributed by atoms with Crippen molar-refractivity contribution >= 4 is 11.8 Å². The number of rotatable bonds is 50. The number of hydrogen-bond donors (Lipinski definition) is 16. The number of aliphatic hydroxyl groups excluding tert-OH is 14. The van der Waals surface area contributed by atoms with E-state index < -0.39 is 185 Å². The molecule has 4 aliphatic rings. The minimum atomic E-state index is -2.10. The highest BCUT2D eigenvalue weighted by atomic mass is 16.8. The van der Waals surface area contributed by atoms with E-state index in [1.165, 1.54) is 135 Å². The Bertz CT molecular complexity index is 1920. The van der Waals surface area contributed by atoms with Crippen LogP contribution in [0.2, 0.25) is 0 Å². The lowest BCUT2D eigenvalue weighted by Crippen LogP contribution is -2.68.